The molecule has 1 unspecified atom stereocenters. The van der Waals surface area contributed by atoms with Gasteiger partial charge >= 0.3 is 5.97 Å². The van der Waals surface area contributed by atoms with Crippen molar-refractivity contribution in [2.24, 2.45) is 13.0 Å². The van der Waals surface area contributed by atoms with Gasteiger partial charge in [-0.15, -0.1) is 0 Å². The Morgan fingerprint density at radius 3 is 2.64 bits per heavy atom. The number of carboxylic acid groups (broad SMARTS) is 1. The third-order valence-corrected chi connectivity index (χ3v) is 3.93. The first-order valence-electron chi connectivity index (χ1n) is 7.17. The Balaban J connectivity index is 1.89. The molecule has 2 aromatic rings. The number of hydrogen-bond donors (Lipinski definition) is 1. The fourth-order valence-electron chi connectivity index (χ4n) is 2.77. The van der Waals surface area contributed by atoms with E-state index in [2.05, 4.69) is 5.10 Å². The molecule has 114 valence electrons. The predicted molar refractivity (Wildman–Crippen MR) is 80.3 cm³/mol. The number of aromatic nitrogens is 2. The van der Waals surface area contributed by atoms with E-state index < -0.39 is 11.9 Å². The summed E-state index contributed by atoms with van der Waals surface area (Å²) in [5.74, 6) is -1.47. The molecular weight excluding hydrogens is 282 g/mol. The number of nitrogens with zero attached hydrogens (tertiary/aromatic N) is 3. The van der Waals surface area contributed by atoms with E-state index in [1.54, 1.807) is 22.8 Å². The minimum atomic E-state index is -0.843. The molecule has 0 saturated carbocycles. The first-order valence-corrected chi connectivity index (χ1v) is 7.17. The van der Waals surface area contributed by atoms with Crippen molar-refractivity contribution in [3.8, 4) is 11.3 Å². The van der Waals surface area contributed by atoms with Gasteiger partial charge < -0.3 is 10.0 Å². The number of carbonyl (C=O) groups is 2. The van der Waals surface area contributed by atoms with Crippen molar-refractivity contribution >= 4 is 11.9 Å². The molecule has 1 saturated heterocycles. The van der Waals surface area contributed by atoms with Crippen LogP contribution in [0.5, 0.6) is 0 Å². The largest absolute Gasteiger partial charge is 0.481 e. The van der Waals surface area contributed by atoms with E-state index in [0.717, 1.165) is 5.56 Å². The van der Waals surface area contributed by atoms with Gasteiger partial charge in [0.15, 0.2) is 0 Å². The van der Waals surface area contributed by atoms with Gasteiger partial charge in [-0.05, 0) is 6.42 Å². The Bertz CT molecular complexity index is 709. The van der Waals surface area contributed by atoms with Crippen LogP contribution in [0.2, 0.25) is 0 Å². The number of benzene rings is 1. The van der Waals surface area contributed by atoms with Crippen molar-refractivity contribution in [3.05, 3.63) is 42.1 Å². The fourth-order valence-corrected chi connectivity index (χ4v) is 2.77. The predicted octanol–water partition coefficient (Wildman–Crippen LogP) is 1.63. The Hall–Kier alpha value is -2.63. The summed E-state index contributed by atoms with van der Waals surface area (Å²) in [6.07, 6.45) is 2.20. The summed E-state index contributed by atoms with van der Waals surface area (Å²) in [6.45, 7) is 0.732. The summed E-state index contributed by atoms with van der Waals surface area (Å²) >= 11 is 0. The summed E-state index contributed by atoms with van der Waals surface area (Å²) in [4.78, 5) is 25.3. The lowest BCUT2D eigenvalue weighted by Gasteiger charge is -2.15. The summed E-state index contributed by atoms with van der Waals surface area (Å²) in [6, 6.07) is 9.52. The van der Waals surface area contributed by atoms with Crippen molar-refractivity contribution in [2.45, 2.75) is 6.42 Å². The first-order chi connectivity index (χ1) is 10.6. The normalized spacial score (nSPS) is 17.7. The SMILES string of the molecule is Cn1cc(C(=O)N2CCC(C(=O)O)C2)c(-c2ccccc2)n1. The van der Waals surface area contributed by atoms with Crippen LogP contribution in [0.15, 0.2) is 36.5 Å². The molecular formula is C16H17N3O3. The zero-order chi connectivity index (χ0) is 15.7. The number of likely N-dealkylation sites (tertiary alicyclic amines) is 1. The highest BCUT2D eigenvalue weighted by Crippen LogP contribution is 2.25. The number of aryl methyl sites for hydroxylation is 1. The van der Waals surface area contributed by atoms with Crippen molar-refractivity contribution in [1.29, 1.82) is 0 Å². The Morgan fingerprint density at radius 2 is 2.00 bits per heavy atom. The molecule has 0 aliphatic carbocycles. The molecule has 2 heterocycles. The minimum absolute atomic E-state index is 0.157. The van der Waals surface area contributed by atoms with Gasteiger partial charge in [0, 0.05) is 31.9 Å². The third kappa shape index (κ3) is 2.59. The minimum Gasteiger partial charge on any atom is -0.481 e. The molecule has 0 spiro atoms. The Labute approximate surface area is 128 Å². The molecule has 1 aromatic heterocycles. The van der Waals surface area contributed by atoms with Gasteiger partial charge in [0.05, 0.1) is 11.5 Å². The monoisotopic (exact) mass is 299 g/mol. The molecule has 1 atom stereocenters. The molecule has 1 fully saturated rings. The number of hydrogen-bond acceptors (Lipinski definition) is 3. The standard InChI is InChI=1S/C16H17N3O3/c1-18-10-13(14(17-18)11-5-3-2-4-6-11)15(20)19-8-7-12(9-19)16(21)22/h2-6,10,12H,7-9H2,1H3,(H,21,22). The average Bonchev–Trinajstić information content (AvgIpc) is 3.14. The molecule has 1 aliphatic rings. The zero-order valence-electron chi connectivity index (χ0n) is 12.3. The van der Waals surface area contributed by atoms with Gasteiger partial charge in [-0.1, -0.05) is 30.3 Å². The Kier molecular flexibility index (Phi) is 3.66. The quantitative estimate of drug-likeness (QED) is 0.934. The molecule has 1 aromatic carbocycles. The van der Waals surface area contributed by atoms with Crippen molar-refractivity contribution in [2.75, 3.05) is 13.1 Å². The second-order valence-electron chi connectivity index (χ2n) is 5.51. The molecule has 22 heavy (non-hydrogen) atoms. The lowest BCUT2D eigenvalue weighted by atomic mass is 10.1. The molecule has 1 aliphatic heterocycles. The molecule has 6 heteroatoms. The van der Waals surface area contributed by atoms with Gasteiger partial charge in [0.2, 0.25) is 0 Å². The van der Waals surface area contributed by atoms with E-state index in [1.807, 2.05) is 30.3 Å². The molecule has 0 bridgehead atoms. The Morgan fingerprint density at radius 1 is 1.27 bits per heavy atom. The van der Waals surface area contributed by atoms with E-state index in [4.69, 9.17) is 5.11 Å². The molecule has 1 amide bonds. The van der Waals surface area contributed by atoms with Gasteiger partial charge in [-0.2, -0.15) is 5.10 Å². The molecule has 3 rings (SSSR count). The topological polar surface area (TPSA) is 75.4 Å². The molecule has 1 N–H and O–H groups in total. The second-order valence-corrected chi connectivity index (χ2v) is 5.51. The first kappa shape index (κ1) is 14.3. The van der Waals surface area contributed by atoms with Gasteiger partial charge in [-0.3, -0.25) is 14.3 Å². The lowest BCUT2D eigenvalue weighted by Crippen LogP contribution is -2.30. The summed E-state index contributed by atoms with van der Waals surface area (Å²) in [5, 5.41) is 13.4. The van der Waals surface area contributed by atoms with Crippen LogP contribution in [0, 0.1) is 5.92 Å². The maximum atomic E-state index is 12.7. The highest BCUT2D eigenvalue weighted by Gasteiger charge is 2.32. The van der Waals surface area contributed by atoms with E-state index in [1.165, 1.54) is 0 Å². The number of carbonyl (C=O) groups excluding carboxylic acids is 1. The van der Waals surface area contributed by atoms with Crippen LogP contribution < -0.4 is 0 Å². The van der Waals surface area contributed by atoms with E-state index in [9.17, 15) is 9.59 Å². The van der Waals surface area contributed by atoms with Crippen LogP contribution in [-0.4, -0.2) is 44.8 Å². The zero-order valence-corrected chi connectivity index (χ0v) is 12.3. The summed E-state index contributed by atoms with van der Waals surface area (Å²) in [5.41, 5.74) is 2.02. The lowest BCUT2D eigenvalue weighted by molar-refractivity contribution is -0.141. The van der Waals surface area contributed by atoms with Crippen LogP contribution in [0.25, 0.3) is 11.3 Å². The van der Waals surface area contributed by atoms with Gasteiger partial charge in [0.25, 0.3) is 5.91 Å². The van der Waals surface area contributed by atoms with Gasteiger partial charge in [0.1, 0.15) is 5.69 Å². The van der Waals surface area contributed by atoms with Crippen molar-refractivity contribution < 1.29 is 14.7 Å². The van der Waals surface area contributed by atoms with E-state index in [0.29, 0.717) is 24.2 Å². The number of rotatable bonds is 3. The van der Waals surface area contributed by atoms with Crippen molar-refractivity contribution in [3.63, 3.8) is 0 Å². The number of aliphatic carboxylic acids is 1. The molecule has 6 nitrogen and oxygen atoms in total. The number of amides is 1. The fraction of sp³-hybridized carbons (Fsp3) is 0.312. The smallest absolute Gasteiger partial charge is 0.308 e. The van der Waals surface area contributed by atoms with Crippen LogP contribution >= 0.6 is 0 Å². The van der Waals surface area contributed by atoms with Crippen molar-refractivity contribution in [1.82, 2.24) is 14.7 Å². The van der Waals surface area contributed by atoms with Crippen LogP contribution in [0.4, 0.5) is 0 Å². The van der Waals surface area contributed by atoms with Crippen LogP contribution in [-0.2, 0) is 11.8 Å². The second kappa shape index (κ2) is 5.63. The van der Waals surface area contributed by atoms with E-state index in [-0.39, 0.29) is 12.5 Å². The average molecular weight is 299 g/mol. The third-order valence-electron chi connectivity index (χ3n) is 3.93. The maximum Gasteiger partial charge on any atom is 0.308 e. The maximum absolute atomic E-state index is 12.7. The van der Waals surface area contributed by atoms with E-state index >= 15 is 0 Å². The highest BCUT2D eigenvalue weighted by molar-refractivity contribution is 6.00. The van der Waals surface area contributed by atoms with Gasteiger partial charge in [-0.25, -0.2) is 0 Å². The highest BCUT2D eigenvalue weighted by atomic mass is 16.4. The molecule has 0 radical (unpaired) electrons. The summed E-state index contributed by atoms with van der Waals surface area (Å²) in [7, 11) is 1.77. The summed E-state index contributed by atoms with van der Waals surface area (Å²) < 4.78 is 1.61. The van der Waals surface area contributed by atoms with Crippen LogP contribution in [0.1, 0.15) is 16.8 Å². The number of carboxylic acids is 1. The van der Waals surface area contributed by atoms with Crippen LogP contribution in [0.3, 0.4) is 0 Å².